The summed E-state index contributed by atoms with van der Waals surface area (Å²) in [5, 5.41) is 16.6. The zero-order valence-electron chi connectivity index (χ0n) is 13.2. The normalized spacial score (nSPS) is 20.5. The fourth-order valence-corrected chi connectivity index (χ4v) is 2.93. The van der Waals surface area contributed by atoms with Crippen molar-refractivity contribution in [3.05, 3.63) is 29.2 Å². The van der Waals surface area contributed by atoms with Gasteiger partial charge in [0.2, 0.25) is 0 Å². The third kappa shape index (κ3) is 3.14. The van der Waals surface area contributed by atoms with Gasteiger partial charge in [-0.3, -0.25) is 4.79 Å². The molecule has 0 bridgehead atoms. The Kier molecular flexibility index (Phi) is 4.31. The van der Waals surface area contributed by atoms with E-state index in [1.807, 2.05) is 6.20 Å². The number of rotatable bonds is 4. The van der Waals surface area contributed by atoms with Gasteiger partial charge in [-0.2, -0.15) is 5.10 Å². The Bertz CT molecular complexity index is 793. The van der Waals surface area contributed by atoms with Gasteiger partial charge in [0.15, 0.2) is 5.65 Å². The summed E-state index contributed by atoms with van der Waals surface area (Å²) < 4.78 is 1.60. The summed E-state index contributed by atoms with van der Waals surface area (Å²) in [6, 6.07) is -0.240. The number of hydrogen-bond donors (Lipinski definition) is 2. The van der Waals surface area contributed by atoms with Crippen molar-refractivity contribution in [2.75, 3.05) is 19.6 Å². The number of aromatic nitrogens is 3. The van der Waals surface area contributed by atoms with Crippen molar-refractivity contribution in [3.8, 4) is 0 Å². The Morgan fingerprint density at radius 3 is 2.96 bits per heavy atom. The van der Waals surface area contributed by atoms with Gasteiger partial charge in [-0.05, 0) is 25.3 Å². The summed E-state index contributed by atoms with van der Waals surface area (Å²) in [4.78, 5) is 29.1. The molecule has 24 heavy (non-hydrogen) atoms. The summed E-state index contributed by atoms with van der Waals surface area (Å²) in [6.07, 6.45) is 6.11. The van der Waals surface area contributed by atoms with E-state index in [4.69, 9.17) is 11.6 Å². The Morgan fingerprint density at radius 2 is 2.25 bits per heavy atom. The van der Waals surface area contributed by atoms with Crippen LogP contribution in [-0.2, 0) is 11.2 Å². The lowest BCUT2D eigenvalue weighted by Gasteiger charge is -2.20. The van der Waals surface area contributed by atoms with Crippen molar-refractivity contribution < 1.29 is 14.7 Å². The molecule has 0 saturated carbocycles. The summed E-state index contributed by atoms with van der Waals surface area (Å²) in [5.41, 5.74) is 0.653. The number of halogens is 1. The van der Waals surface area contributed by atoms with Crippen LogP contribution in [0.25, 0.3) is 5.65 Å². The molecule has 1 aliphatic heterocycles. The Morgan fingerprint density at radius 1 is 1.46 bits per heavy atom. The Labute approximate surface area is 143 Å². The number of carbonyl (C=O) groups is 2. The minimum Gasteiger partial charge on any atom is -0.481 e. The van der Waals surface area contributed by atoms with Gasteiger partial charge >= 0.3 is 12.0 Å². The molecular weight excluding hydrogens is 334 g/mol. The number of nitrogens with one attached hydrogen (secondary N) is 1. The van der Waals surface area contributed by atoms with E-state index in [9.17, 15) is 14.7 Å². The molecule has 2 aromatic heterocycles. The van der Waals surface area contributed by atoms with Crippen LogP contribution in [0, 0.1) is 5.41 Å². The van der Waals surface area contributed by atoms with Crippen LogP contribution in [0.5, 0.6) is 0 Å². The largest absolute Gasteiger partial charge is 0.481 e. The van der Waals surface area contributed by atoms with Crippen LogP contribution in [0.1, 0.15) is 18.9 Å². The highest BCUT2D eigenvalue weighted by Gasteiger charge is 2.42. The van der Waals surface area contributed by atoms with Crippen molar-refractivity contribution in [1.82, 2.24) is 24.8 Å². The smallest absolute Gasteiger partial charge is 0.317 e. The predicted molar refractivity (Wildman–Crippen MR) is 87.0 cm³/mol. The lowest BCUT2D eigenvalue weighted by molar-refractivity contribution is -0.146. The summed E-state index contributed by atoms with van der Waals surface area (Å²) in [5.74, 6) is -0.866. The molecule has 1 fully saturated rings. The van der Waals surface area contributed by atoms with E-state index in [1.54, 1.807) is 22.5 Å². The van der Waals surface area contributed by atoms with Crippen molar-refractivity contribution >= 4 is 29.2 Å². The van der Waals surface area contributed by atoms with Gasteiger partial charge in [0.25, 0.3) is 0 Å². The average molecular weight is 352 g/mol. The second-order valence-corrected chi connectivity index (χ2v) is 6.65. The van der Waals surface area contributed by atoms with E-state index < -0.39 is 11.4 Å². The number of carboxylic acids is 1. The van der Waals surface area contributed by atoms with E-state index in [2.05, 4.69) is 15.4 Å². The molecule has 2 N–H and O–H groups in total. The van der Waals surface area contributed by atoms with Gasteiger partial charge in [-0.15, -0.1) is 0 Å². The number of urea groups is 1. The summed E-state index contributed by atoms with van der Waals surface area (Å²) in [7, 11) is 0. The highest BCUT2D eigenvalue weighted by Crippen LogP contribution is 2.29. The third-order valence-corrected chi connectivity index (χ3v) is 4.60. The van der Waals surface area contributed by atoms with Gasteiger partial charge < -0.3 is 15.3 Å². The topological polar surface area (TPSA) is 99.8 Å². The highest BCUT2D eigenvalue weighted by molar-refractivity contribution is 6.33. The second-order valence-electron chi connectivity index (χ2n) is 6.24. The first-order valence-corrected chi connectivity index (χ1v) is 8.01. The molecule has 9 heteroatoms. The fourth-order valence-electron chi connectivity index (χ4n) is 2.75. The van der Waals surface area contributed by atoms with Gasteiger partial charge in [-0.25, -0.2) is 14.3 Å². The van der Waals surface area contributed by atoms with Crippen LogP contribution >= 0.6 is 11.6 Å². The maximum absolute atomic E-state index is 12.1. The first-order valence-electron chi connectivity index (χ1n) is 7.63. The lowest BCUT2D eigenvalue weighted by Crippen LogP contribution is -2.41. The third-order valence-electron chi connectivity index (χ3n) is 4.33. The van der Waals surface area contributed by atoms with Crippen LogP contribution < -0.4 is 5.32 Å². The number of hydrogen-bond acceptors (Lipinski definition) is 4. The maximum atomic E-state index is 12.1. The Balaban J connectivity index is 1.52. The van der Waals surface area contributed by atoms with Crippen molar-refractivity contribution in [2.45, 2.75) is 19.8 Å². The molecule has 0 aliphatic carbocycles. The van der Waals surface area contributed by atoms with Crippen molar-refractivity contribution in [2.24, 2.45) is 5.41 Å². The minimum absolute atomic E-state index is 0.230. The molecular formula is C15H18ClN5O3. The molecule has 0 aromatic carbocycles. The van der Waals surface area contributed by atoms with E-state index in [1.165, 1.54) is 6.20 Å². The van der Waals surface area contributed by atoms with Crippen LogP contribution in [0.4, 0.5) is 4.79 Å². The molecule has 3 heterocycles. The van der Waals surface area contributed by atoms with Gasteiger partial charge in [0, 0.05) is 32.0 Å². The molecule has 3 rings (SSSR count). The van der Waals surface area contributed by atoms with Crippen molar-refractivity contribution in [3.63, 3.8) is 0 Å². The fraction of sp³-hybridized carbons (Fsp3) is 0.467. The number of fused-ring (bicyclic) bond motifs is 1. The first-order chi connectivity index (χ1) is 11.4. The standard InChI is InChI=1S/C15H18ClN5O3/c1-15(13(22)23)3-5-20(9-15)14(24)17-4-2-10-6-18-12-11(16)7-19-21(12)8-10/h6-8H,2-5,9H2,1H3,(H,17,24)(H,22,23). The quantitative estimate of drug-likeness (QED) is 0.868. The molecule has 1 aliphatic rings. The molecule has 128 valence electrons. The molecule has 2 aromatic rings. The van der Waals surface area contributed by atoms with E-state index in [-0.39, 0.29) is 12.6 Å². The van der Waals surface area contributed by atoms with Gasteiger partial charge in [-0.1, -0.05) is 11.6 Å². The van der Waals surface area contributed by atoms with E-state index >= 15 is 0 Å². The predicted octanol–water partition coefficient (Wildman–Crippen LogP) is 1.43. The number of likely N-dealkylation sites (tertiary alicyclic amines) is 1. The van der Waals surface area contributed by atoms with Crippen LogP contribution in [0.2, 0.25) is 5.02 Å². The number of nitrogens with zero attached hydrogens (tertiary/aromatic N) is 4. The monoisotopic (exact) mass is 351 g/mol. The molecule has 1 saturated heterocycles. The highest BCUT2D eigenvalue weighted by atomic mass is 35.5. The van der Waals surface area contributed by atoms with Crippen LogP contribution in [0.3, 0.4) is 0 Å². The van der Waals surface area contributed by atoms with E-state index in [0.29, 0.717) is 36.6 Å². The summed E-state index contributed by atoms with van der Waals surface area (Å²) >= 11 is 5.94. The number of carboxylic acid groups (broad SMARTS) is 1. The van der Waals surface area contributed by atoms with Gasteiger partial charge in [0.05, 0.1) is 11.6 Å². The minimum atomic E-state index is -0.866. The van der Waals surface area contributed by atoms with Crippen molar-refractivity contribution in [1.29, 1.82) is 0 Å². The zero-order chi connectivity index (χ0) is 17.3. The number of aliphatic carboxylic acids is 1. The summed E-state index contributed by atoms with van der Waals surface area (Å²) in [6.45, 7) is 2.78. The van der Waals surface area contributed by atoms with E-state index in [0.717, 1.165) is 5.56 Å². The van der Waals surface area contributed by atoms with Crippen LogP contribution in [0.15, 0.2) is 18.6 Å². The van der Waals surface area contributed by atoms with Gasteiger partial charge in [0.1, 0.15) is 5.02 Å². The second kappa shape index (κ2) is 6.27. The molecule has 1 atom stereocenters. The molecule has 2 amide bonds. The first kappa shape index (κ1) is 16.5. The molecule has 0 spiro atoms. The molecule has 0 radical (unpaired) electrons. The SMILES string of the molecule is CC1(C(=O)O)CCN(C(=O)NCCc2cnc3c(Cl)cnn3c2)C1. The Hall–Kier alpha value is -2.35. The number of amides is 2. The van der Waals surface area contributed by atoms with Crippen LogP contribution in [-0.4, -0.2) is 56.2 Å². The zero-order valence-corrected chi connectivity index (χ0v) is 14.0. The maximum Gasteiger partial charge on any atom is 0.317 e. The molecule has 1 unspecified atom stereocenters. The molecule has 8 nitrogen and oxygen atoms in total. The average Bonchev–Trinajstić information content (AvgIpc) is 3.12. The number of carbonyl (C=O) groups excluding carboxylic acids is 1. The lowest BCUT2D eigenvalue weighted by atomic mass is 9.90.